The molecule has 44 heavy (non-hydrogen) atoms. The number of hydrogen-bond acceptors (Lipinski definition) is 4. The van der Waals surface area contributed by atoms with Crippen LogP contribution in [0.3, 0.4) is 0 Å². The van der Waals surface area contributed by atoms with Crippen LogP contribution in [0.2, 0.25) is 0 Å². The molecule has 3 unspecified atom stereocenters. The molecule has 8 rings (SSSR count). The van der Waals surface area contributed by atoms with Crippen molar-refractivity contribution in [3.63, 3.8) is 0 Å². The summed E-state index contributed by atoms with van der Waals surface area (Å²) in [7, 11) is 3.36. The third kappa shape index (κ3) is 3.80. The molecule has 0 aromatic heterocycles. The van der Waals surface area contributed by atoms with Gasteiger partial charge in [-0.1, -0.05) is 85.3 Å². The van der Waals surface area contributed by atoms with Crippen LogP contribution in [0.4, 0.5) is 0 Å². The SMILES string of the molecule is COc1ccc(C2(c3ccc(OC)cc3)C=Cc3c4c(c5ccccc5c3O2)-c2ccccc2C2CCCC2C4(C)O)cc1. The van der Waals surface area contributed by atoms with E-state index in [9.17, 15) is 5.11 Å². The molecule has 3 aliphatic rings. The Hall–Kier alpha value is -4.54. The number of ether oxygens (including phenoxy) is 3. The summed E-state index contributed by atoms with van der Waals surface area (Å²) in [6.07, 6.45) is 7.57. The van der Waals surface area contributed by atoms with Crippen LogP contribution in [0.1, 0.15) is 59.9 Å². The summed E-state index contributed by atoms with van der Waals surface area (Å²) < 4.78 is 18.4. The van der Waals surface area contributed by atoms with E-state index in [1.54, 1.807) is 14.2 Å². The molecule has 0 bridgehead atoms. The molecule has 1 saturated carbocycles. The van der Waals surface area contributed by atoms with E-state index < -0.39 is 11.2 Å². The molecule has 3 atom stereocenters. The van der Waals surface area contributed by atoms with Crippen molar-refractivity contribution < 1.29 is 19.3 Å². The van der Waals surface area contributed by atoms with Crippen LogP contribution in [0.5, 0.6) is 17.2 Å². The quantitative estimate of drug-likeness (QED) is 0.231. The van der Waals surface area contributed by atoms with Crippen molar-refractivity contribution in [2.75, 3.05) is 14.2 Å². The molecule has 4 heteroatoms. The van der Waals surface area contributed by atoms with Gasteiger partial charge in [0.2, 0.25) is 0 Å². The fraction of sp³-hybridized carbons (Fsp3) is 0.250. The molecule has 5 aromatic rings. The Kier molecular flexibility index (Phi) is 6.15. The van der Waals surface area contributed by atoms with E-state index in [1.165, 1.54) is 11.1 Å². The first-order valence-corrected chi connectivity index (χ1v) is 15.5. The molecule has 1 aliphatic heterocycles. The second kappa shape index (κ2) is 10.0. The summed E-state index contributed by atoms with van der Waals surface area (Å²) in [5.41, 5.74) is 5.66. The molecule has 5 aromatic carbocycles. The van der Waals surface area contributed by atoms with Crippen LogP contribution in [0, 0.1) is 5.92 Å². The van der Waals surface area contributed by atoms with Crippen molar-refractivity contribution in [2.45, 2.75) is 43.3 Å². The standard InChI is InChI=1S/C40H36O4/c1-39(41)35-14-8-13-30(35)29-9-4-5-10-31(29)36-32-11-6-7-12-33(32)38-34(37(36)39)23-24-40(44-38,25-15-19-27(42-2)20-16-25)26-17-21-28(43-3)22-18-26/h4-7,9-12,15-24,30,35,41H,8,13-14H2,1-3H3. The molecule has 0 spiro atoms. The highest BCUT2D eigenvalue weighted by molar-refractivity contribution is 6.06. The third-order valence-corrected chi connectivity index (χ3v) is 10.4. The van der Waals surface area contributed by atoms with Crippen molar-refractivity contribution in [2.24, 2.45) is 5.92 Å². The monoisotopic (exact) mass is 580 g/mol. The second-order valence-corrected chi connectivity index (χ2v) is 12.5. The smallest absolute Gasteiger partial charge is 0.178 e. The van der Waals surface area contributed by atoms with Gasteiger partial charge in [-0.15, -0.1) is 0 Å². The zero-order valence-electron chi connectivity index (χ0n) is 25.3. The van der Waals surface area contributed by atoms with E-state index in [0.717, 1.165) is 75.1 Å². The van der Waals surface area contributed by atoms with Gasteiger partial charge in [0.15, 0.2) is 5.60 Å². The molecular formula is C40H36O4. The van der Waals surface area contributed by atoms with Gasteiger partial charge in [-0.25, -0.2) is 0 Å². The normalized spacial score (nSPS) is 22.6. The summed E-state index contributed by atoms with van der Waals surface area (Å²) in [4.78, 5) is 0. The number of benzene rings is 5. The lowest BCUT2D eigenvalue weighted by molar-refractivity contribution is -0.00936. The van der Waals surface area contributed by atoms with Gasteiger partial charge in [-0.05, 0) is 84.0 Å². The molecule has 0 amide bonds. The van der Waals surface area contributed by atoms with Crippen molar-refractivity contribution in [1.82, 2.24) is 0 Å². The Balaban J connectivity index is 1.44. The van der Waals surface area contributed by atoms with Crippen molar-refractivity contribution in [3.05, 3.63) is 131 Å². The summed E-state index contributed by atoms with van der Waals surface area (Å²) in [6.45, 7) is 2.04. The minimum atomic E-state index is -1.04. The number of fused-ring (bicyclic) bond motifs is 10. The maximum atomic E-state index is 12.7. The lowest BCUT2D eigenvalue weighted by atomic mass is 9.73. The number of aliphatic hydroxyl groups is 1. The highest BCUT2D eigenvalue weighted by atomic mass is 16.5. The maximum absolute atomic E-state index is 12.7. The molecule has 1 fully saturated rings. The average Bonchev–Trinajstić information content (AvgIpc) is 3.56. The average molecular weight is 581 g/mol. The fourth-order valence-electron chi connectivity index (χ4n) is 8.29. The fourth-order valence-corrected chi connectivity index (χ4v) is 8.29. The predicted molar refractivity (Wildman–Crippen MR) is 175 cm³/mol. The van der Waals surface area contributed by atoms with Crippen LogP contribution >= 0.6 is 0 Å². The number of rotatable bonds is 4. The largest absolute Gasteiger partial charge is 0.497 e. The Morgan fingerprint density at radius 2 is 1.36 bits per heavy atom. The summed E-state index contributed by atoms with van der Waals surface area (Å²) in [5.74, 6) is 2.81. The lowest BCUT2D eigenvalue weighted by Crippen LogP contribution is -2.37. The molecule has 220 valence electrons. The lowest BCUT2D eigenvalue weighted by Gasteiger charge is -2.40. The van der Waals surface area contributed by atoms with Crippen LogP contribution in [0.25, 0.3) is 28.0 Å². The van der Waals surface area contributed by atoms with Gasteiger partial charge in [0, 0.05) is 27.6 Å². The second-order valence-electron chi connectivity index (χ2n) is 12.5. The van der Waals surface area contributed by atoms with E-state index in [0.29, 0.717) is 5.92 Å². The van der Waals surface area contributed by atoms with Crippen LogP contribution in [0.15, 0.2) is 103 Å². The van der Waals surface area contributed by atoms with E-state index in [-0.39, 0.29) is 5.92 Å². The molecule has 0 radical (unpaired) electrons. The highest BCUT2D eigenvalue weighted by Gasteiger charge is 2.49. The van der Waals surface area contributed by atoms with Gasteiger partial charge in [0.1, 0.15) is 17.2 Å². The molecule has 4 nitrogen and oxygen atoms in total. The highest BCUT2D eigenvalue weighted by Crippen LogP contribution is 2.60. The molecule has 0 saturated heterocycles. The summed E-state index contributed by atoms with van der Waals surface area (Å²) in [5, 5.41) is 14.9. The van der Waals surface area contributed by atoms with Gasteiger partial charge >= 0.3 is 0 Å². The first kappa shape index (κ1) is 27.0. The zero-order chi connectivity index (χ0) is 30.1. The first-order chi connectivity index (χ1) is 21.5. The molecular weight excluding hydrogens is 544 g/mol. The Morgan fingerprint density at radius 1 is 0.750 bits per heavy atom. The van der Waals surface area contributed by atoms with Crippen molar-refractivity contribution >= 4 is 16.8 Å². The molecule has 1 heterocycles. The first-order valence-electron chi connectivity index (χ1n) is 15.5. The predicted octanol–water partition coefficient (Wildman–Crippen LogP) is 8.98. The number of hydrogen-bond donors (Lipinski definition) is 1. The van der Waals surface area contributed by atoms with Gasteiger partial charge in [-0.3, -0.25) is 0 Å². The Bertz CT molecular complexity index is 1870. The van der Waals surface area contributed by atoms with Crippen molar-refractivity contribution in [3.8, 4) is 28.4 Å². The third-order valence-electron chi connectivity index (χ3n) is 10.4. The van der Waals surface area contributed by atoms with Crippen LogP contribution in [-0.4, -0.2) is 19.3 Å². The maximum Gasteiger partial charge on any atom is 0.178 e. The minimum Gasteiger partial charge on any atom is -0.497 e. The molecule has 2 aliphatic carbocycles. The zero-order valence-corrected chi connectivity index (χ0v) is 25.3. The summed E-state index contributed by atoms with van der Waals surface area (Å²) in [6, 6.07) is 33.5. The van der Waals surface area contributed by atoms with Gasteiger partial charge in [0.25, 0.3) is 0 Å². The van der Waals surface area contributed by atoms with E-state index in [4.69, 9.17) is 14.2 Å². The van der Waals surface area contributed by atoms with Crippen LogP contribution < -0.4 is 14.2 Å². The Labute approximate surface area is 258 Å². The summed E-state index contributed by atoms with van der Waals surface area (Å²) >= 11 is 0. The van der Waals surface area contributed by atoms with E-state index >= 15 is 0 Å². The topological polar surface area (TPSA) is 47.9 Å². The van der Waals surface area contributed by atoms with E-state index in [2.05, 4.69) is 84.9 Å². The van der Waals surface area contributed by atoms with E-state index in [1.807, 2.05) is 31.2 Å². The minimum absolute atomic E-state index is 0.124. The van der Waals surface area contributed by atoms with Crippen molar-refractivity contribution in [1.29, 1.82) is 0 Å². The number of methoxy groups -OCH3 is 2. The van der Waals surface area contributed by atoms with Gasteiger partial charge < -0.3 is 19.3 Å². The van der Waals surface area contributed by atoms with Gasteiger partial charge in [0.05, 0.1) is 19.8 Å². The Morgan fingerprint density at radius 3 is 2.02 bits per heavy atom. The molecule has 1 N–H and O–H groups in total. The van der Waals surface area contributed by atoms with Gasteiger partial charge in [-0.2, -0.15) is 0 Å². The van der Waals surface area contributed by atoms with Crippen LogP contribution in [-0.2, 0) is 11.2 Å².